The van der Waals surface area contributed by atoms with Gasteiger partial charge in [0.2, 0.25) is 0 Å². The maximum atomic E-state index is 10.3. The first kappa shape index (κ1) is 11.0. The van der Waals surface area contributed by atoms with Crippen LogP contribution < -0.4 is 5.73 Å². The molecule has 11 heavy (non-hydrogen) atoms. The van der Waals surface area contributed by atoms with E-state index in [9.17, 15) is 4.57 Å². The van der Waals surface area contributed by atoms with Crippen LogP contribution in [0.4, 0.5) is 0 Å². The molecule has 0 radical (unpaired) electrons. The second-order valence-corrected chi connectivity index (χ2v) is 3.71. The predicted octanol–water partition coefficient (Wildman–Crippen LogP) is -1.54. The number of hydrogen-bond acceptors (Lipinski definition) is 4. The highest BCUT2D eigenvalue weighted by atomic mass is 31.2. The van der Waals surface area contributed by atoms with Crippen molar-refractivity contribution < 1.29 is 24.2 Å². The van der Waals surface area contributed by atoms with Crippen LogP contribution in [0.3, 0.4) is 0 Å². The smallest absolute Gasteiger partial charge is 0.356 e. The summed E-state index contributed by atoms with van der Waals surface area (Å²) in [6.07, 6.45) is 0. The minimum atomic E-state index is -4.41. The molecule has 0 amide bonds. The van der Waals surface area contributed by atoms with Crippen molar-refractivity contribution in [3.05, 3.63) is 0 Å². The van der Waals surface area contributed by atoms with E-state index in [0.717, 1.165) is 0 Å². The predicted molar refractivity (Wildman–Crippen MR) is 37.9 cm³/mol. The Balaban J connectivity index is 3.53. The van der Waals surface area contributed by atoms with Gasteiger partial charge in [-0.2, -0.15) is 0 Å². The van der Waals surface area contributed by atoms with E-state index in [1.165, 1.54) is 0 Å². The van der Waals surface area contributed by atoms with E-state index >= 15 is 0 Å². The molecule has 0 aromatic rings. The molecule has 7 heteroatoms. The Labute approximate surface area is 64.1 Å². The average Bonchev–Trinajstić information content (AvgIpc) is 1.86. The number of aliphatic hydroxyl groups is 1. The van der Waals surface area contributed by atoms with E-state index in [1.807, 2.05) is 0 Å². The molecule has 0 bridgehead atoms. The van der Waals surface area contributed by atoms with Crippen molar-refractivity contribution in [3.63, 3.8) is 0 Å². The van der Waals surface area contributed by atoms with Gasteiger partial charge in [0.25, 0.3) is 0 Å². The van der Waals surface area contributed by atoms with E-state index in [-0.39, 0.29) is 19.8 Å². The fourth-order valence-corrected chi connectivity index (χ4v) is 0.669. The molecule has 0 fully saturated rings. The van der Waals surface area contributed by atoms with Crippen LogP contribution in [0.15, 0.2) is 0 Å². The summed E-state index contributed by atoms with van der Waals surface area (Å²) in [7, 11) is -4.41. The van der Waals surface area contributed by atoms with Gasteiger partial charge in [0.1, 0.15) is 0 Å². The molecule has 0 saturated carbocycles. The summed E-state index contributed by atoms with van der Waals surface area (Å²) < 4.78 is 14.9. The zero-order valence-electron chi connectivity index (χ0n) is 5.88. The fraction of sp³-hybridized carbons (Fsp3) is 1.00. The van der Waals surface area contributed by atoms with Crippen LogP contribution in [0.1, 0.15) is 0 Å². The number of ether oxygens (including phenoxy) is 1. The zero-order valence-corrected chi connectivity index (χ0v) is 6.78. The van der Waals surface area contributed by atoms with Gasteiger partial charge < -0.3 is 25.4 Å². The molecule has 0 aromatic heterocycles. The lowest BCUT2D eigenvalue weighted by molar-refractivity contribution is 0.0652. The van der Waals surface area contributed by atoms with Crippen molar-refractivity contribution in [2.24, 2.45) is 5.73 Å². The molecule has 0 aromatic carbocycles. The van der Waals surface area contributed by atoms with Crippen LogP contribution in [0, 0.1) is 0 Å². The van der Waals surface area contributed by atoms with E-state index in [1.54, 1.807) is 0 Å². The molecule has 0 aliphatic carbocycles. The summed E-state index contributed by atoms with van der Waals surface area (Å²) in [6, 6.07) is 0. The van der Waals surface area contributed by atoms with Crippen molar-refractivity contribution >= 4 is 7.60 Å². The van der Waals surface area contributed by atoms with Gasteiger partial charge in [-0.15, -0.1) is 0 Å². The van der Waals surface area contributed by atoms with Gasteiger partial charge >= 0.3 is 7.60 Å². The van der Waals surface area contributed by atoms with Crippen LogP contribution in [-0.2, 0) is 9.30 Å². The first-order valence-electron chi connectivity index (χ1n) is 2.99. The lowest BCUT2D eigenvalue weighted by Crippen LogP contribution is -2.18. The molecule has 5 N–H and O–H groups in total. The molecule has 0 spiro atoms. The third kappa shape index (κ3) is 5.32. The Morgan fingerprint density at radius 1 is 1.55 bits per heavy atom. The third-order valence-electron chi connectivity index (χ3n) is 0.917. The van der Waals surface area contributed by atoms with Crippen molar-refractivity contribution in [2.75, 3.05) is 19.8 Å². The van der Waals surface area contributed by atoms with Crippen LogP contribution in [-0.4, -0.2) is 40.5 Å². The quantitative estimate of drug-likeness (QED) is 0.305. The lowest BCUT2D eigenvalue weighted by Gasteiger charge is -2.11. The molecule has 6 nitrogen and oxygen atoms in total. The molecular formula is C4H12NO5P. The standard InChI is InChI=1S/C4H12NO5P/c5-1-2-10-3-4(6)11(7,8)9/h4,6H,1-3,5H2,(H2,7,8,9). The zero-order chi connectivity index (χ0) is 8.91. The van der Waals surface area contributed by atoms with Crippen LogP contribution in [0.25, 0.3) is 0 Å². The summed E-state index contributed by atoms with van der Waals surface area (Å²) in [4.78, 5) is 16.7. The SMILES string of the molecule is NCCOCC(O)P(=O)(O)O. The molecule has 1 unspecified atom stereocenters. The summed E-state index contributed by atoms with van der Waals surface area (Å²) >= 11 is 0. The van der Waals surface area contributed by atoms with Gasteiger partial charge in [0.05, 0.1) is 13.2 Å². The normalized spacial score (nSPS) is 14.9. The lowest BCUT2D eigenvalue weighted by atomic mass is 10.7. The Morgan fingerprint density at radius 2 is 2.09 bits per heavy atom. The van der Waals surface area contributed by atoms with Gasteiger partial charge in [-0.05, 0) is 0 Å². The Kier molecular flexibility index (Phi) is 4.83. The number of aliphatic hydroxyl groups excluding tert-OH is 1. The minimum absolute atomic E-state index is 0.178. The maximum absolute atomic E-state index is 10.3. The highest BCUT2D eigenvalue weighted by molar-refractivity contribution is 7.52. The monoisotopic (exact) mass is 185 g/mol. The van der Waals surface area contributed by atoms with Gasteiger partial charge in [0.15, 0.2) is 5.85 Å². The molecule has 0 heterocycles. The first-order valence-corrected chi connectivity index (χ1v) is 4.67. The van der Waals surface area contributed by atoms with Gasteiger partial charge in [-0.3, -0.25) is 4.57 Å². The summed E-state index contributed by atoms with van der Waals surface area (Å²) in [5.41, 5.74) is 5.02. The molecule has 0 aliphatic rings. The summed E-state index contributed by atoms with van der Waals surface area (Å²) in [6.45, 7) is 0.0480. The van der Waals surface area contributed by atoms with Crippen LogP contribution >= 0.6 is 7.60 Å². The van der Waals surface area contributed by atoms with Crippen LogP contribution in [0.2, 0.25) is 0 Å². The summed E-state index contributed by atoms with van der Waals surface area (Å²) in [5.74, 6) is -1.74. The molecule has 0 saturated heterocycles. The topological polar surface area (TPSA) is 113 Å². The Morgan fingerprint density at radius 3 is 2.45 bits per heavy atom. The van der Waals surface area contributed by atoms with Crippen molar-refractivity contribution in [1.82, 2.24) is 0 Å². The van der Waals surface area contributed by atoms with E-state index in [2.05, 4.69) is 4.74 Å². The van der Waals surface area contributed by atoms with E-state index in [0.29, 0.717) is 0 Å². The van der Waals surface area contributed by atoms with Crippen LogP contribution in [0.5, 0.6) is 0 Å². The van der Waals surface area contributed by atoms with E-state index in [4.69, 9.17) is 20.6 Å². The molecule has 0 rings (SSSR count). The Hall–Kier alpha value is 0.0300. The number of nitrogens with two attached hydrogens (primary N) is 1. The van der Waals surface area contributed by atoms with Gasteiger partial charge in [0, 0.05) is 6.54 Å². The maximum Gasteiger partial charge on any atom is 0.356 e. The van der Waals surface area contributed by atoms with Crippen molar-refractivity contribution in [2.45, 2.75) is 5.85 Å². The number of hydrogen-bond donors (Lipinski definition) is 4. The summed E-state index contributed by atoms with van der Waals surface area (Å²) in [5, 5.41) is 8.68. The fourth-order valence-electron chi connectivity index (χ4n) is 0.369. The van der Waals surface area contributed by atoms with E-state index < -0.39 is 13.4 Å². The largest absolute Gasteiger partial charge is 0.378 e. The minimum Gasteiger partial charge on any atom is -0.378 e. The Bertz CT molecular complexity index is 145. The highest BCUT2D eigenvalue weighted by Gasteiger charge is 2.25. The van der Waals surface area contributed by atoms with Crippen molar-refractivity contribution in [1.29, 1.82) is 0 Å². The third-order valence-corrected chi connectivity index (χ3v) is 1.84. The molecule has 68 valence electrons. The average molecular weight is 185 g/mol. The first-order chi connectivity index (χ1) is 4.98. The van der Waals surface area contributed by atoms with Gasteiger partial charge in [-0.25, -0.2) is 0 Å². The van der Waals surface area contributed by atoms with Gasteiger partial charge in [-0.1, -0.05) is 0 Å². The second kappa shape index (κ2) is 4.82. The second-order valence-electron chi connectivity index (χ2n) is 1.93. The molecule has 1 atom stereocenters. The number of rotatable bonds is 5. The molecule has 0 aliphatic heterocycles. The van der Waals surface area contributed by atoms with Crippen molar-refractivity contribution in [3.8, 4) is 0 Å². The highest BCUT2D eigenvalue weighted by Crippen LogP contribution is 2.39. The molecular weight excluding hydrogens is 173 g/mol.